The molecule has 0 aliphatic carbocycles. The van der Waals surface area contributed by atoms with Gasteiger partial charge in [-0.05, 0) is 12.1 Å². The fourth-order valence-electron chi connectivity index (χ4n) is 1.32. The van der Waals surface area contributed by atoms with Crippen LogP contribution in [-0.2, 0) is 17.8 Å². The topological polar surface area (TPSA) is 60.7 Å². The third-order valence-electron chi connectivity index (χ3n) is 2.03. The lowest BCUT2D eigenvalue weighted by Crippen LogP contribution is -2.00. The van der Waals surface area contributed by atoms with E-state index in [0.29, 0.717) is 11.0 Å². The van der Waals surface area contributed by atoms with Gasteiger partial charge < -0.3 is 4.57 Å². The van der Waals surface area contributed by atoms with Crippen LogP contribution in [0.25, 0.3) is 11.4 Å². The molecule has 1 atom stereocenters. The molecule has 2 rings (SSSR count). The van der Waals surface area contributed by atoms with Gasteiger partial charge in [0.2, 0.25) is 5.16 Å². The van der Waals surface area contributed by atoms with E-state index in [-0.39, 0.29) is 0 Å². The Balaban J connectivity index is 2.52. The minimum Gasteiger partial charge on any atom is -0.303 e. The number of hydrogen-bond acceptors (Lipinski definition) is 4. The molecular weight excluding hydrogens is 212 g/mol. The van der Waals surface area contributed by atoms with Crippen LogP contribution in [0, 0.1) is 0 Å². The molecule has 2 aromatic rings. The second-order valence-electron chi connectivity index (χ2n) is 3.06. The number of hydrogen-bond donors (Lipinski definition) is 0. The largest absolute Gasteiger partial charge is 0.303 e. The number of rotatable bonds is 2. The van der Waals surface area contributed by atoms with E-state index in [0.717, 1.165) is 5.56 Å². The van der Waals surface area contributed by atoms with Crippen molar-refractivity contribution in [1.82, 2.24) is 19.7 Å². The zero-order valence-corrected chi connectivity index (χ0v) is 9.23. The molecule has 78 valence electrons. The number of pyridine rings is 1. The third-order valence-corrected chi connectivity index (χ3v) is 2.90. The maximum Gasteiger partial charge on any atom is 0.221 e. The lowest BCUT2D eigenvalue weighted by molar-refractivity contribution is 0.669. The lowest BCUT2D eigenvalue weighted by Gasteiger charge is -2.00. The smallest absolute Gasteiger partial charge is 0.221 e. The summed E-state index contributed by atoms with van der Waals surface area (Å²) in [5, 5.41) is 8.36. The summed E-state index contributed by atoms with van der Waals surface area (Å²) in [4.78, 5) is 3.93. The zero-order chi connectivity index (χ0) is 10.8. The molecule has 5 nitrogen and oxygen atoms in total. The average molecular weight is 222 g/mol. The summed E-state index contributed by atoms with van der Waals surface area (Å²) in [6, 6.07) is 3.68. The molecule has 0 saturated heterocycles. The van der Waals surface area contributed by atoms with E-state index < -0.39 is 10.8 Å². The van der Waals surface area contributed by atoms with Gasteiger partial charge in [0.25, 0.3) is 0 Å². The van der Waals surface area contributed by atoms with Gasteiger partial charge in [0.1, 0.15) is 0 Å². The van der Waals surface area contributed by atoms with Crippen LogP contribution in [0.2, 0.25) is 0 Å². The monoisotopic (exact) mass is 222 g/mol. The van der Waals surface area contributed by atoms with Crippen LogP contribution in [0.15, 0.2) is 29.7 Å². The Hall–Kier alpha value is -1.56. The second-order valence-corrected chi connectivity index (χ2v) is 4.33. The van der Waals surface area contributed by atoms with Crippen molar-refractivity contribution in [3.8, 4) is 11.4 Å². The van der Waals surface area contributed by atoms with Gasteiger partial charge in [-0.25, -0.2) is 0 Å². The molecule has 0 radical (unpaired) electrons. The van der Waals surface area contributed by atoms with Crippen molar-refractivity contribution in [2.24, 2.45) is 7.05 Å². The first-order chi connectivity index (χ1) is 7.20. The van der Waals surface area contributed by atoms with Crippen LogP contribution in [0.5, 0.6) is 0 Å². The van der Waals surface area contributed by atoms with Crippen LogP contribution in [0.3, 0.4) is 0 Å². The number of aromatic nitrogens is 4. The summed E-state index contributed by atoms with van der Waals surface area (Å²) in [5.41, 5.74) is 0.914. The molecule has 0 aliphatic rings. The summed E-state index contributed by atoms with van der Waals surface area (Å²) in [5.74, 6) is 0.697. The highest BCUT2D eigenvalue weighted by Gasteiger charge is 2.12. The van der Waals surface area contributed by atoms with Gasteiger partial charge >= 0.3 is 0 Å². The van der Waals surface area contributed by atoms with E-state index in [1.807, 2.05) is 12.1 Å². The van der Waals surface area contributed by atoms with Crippen LogP contribution in [0.4, 0.5) is 0 Å². The predicted octanol–water partition coefficient (Wildman–Crippen LogP) is 0.614. The van der Waals surface area contributed by atoms with Gasteiger partial charge in [0.15, 0.2) is 5.82 Å². The van der Waals surface area contributed by atoms with Gasteiger partial charge in [-0.3, -0.25) is 9.19 Å². The number of nitrogens with zero attached hydrogens (tertiary/aromatic N) is 4. The summed E-state index contributed by atoms with van der Waals surface area (Å²) in [6.07, 6.45) is 4.96. The first kappa shape index (κ1) is 9.97. The summed E-state index contributed by atoms with van der Waals surface area (Å²) >= 11 is 0. The Labute approximate surface area is 89.6 Å². The molecular formula is C9H10N4OS. The van der Waals surface area contributed by atoms with E-state index in [4.69, 9.17) is 0 Å². The summed E-state index contributed by atoms with van der Waals surface area (Å²) in [7, 11) is 0.678. The average Bonchev–Trinajstić information content (AvgIpc) is 2.61. The third kappa shape index (κ3) is 1.80. The minimum atomic E-state index is -1.12. The molecule has 1 unspecified atom stereocenters. The van der Waals surface area contributed by atoms with E-state index in [1.54, 1.807) is 30.3 Å². The maximum atomic E-state index is 11.3. The summed E-state index contributed by atoms with van der Waals surface area (Å²) in [6.45, 7) is 0. The molecule has 6 heteroatoms. The molecule has 0 fully saturated rings. The minimum absolute atomic E-state index is 0.474. The molecule has 0 aromatic carbocycles. The molecule has 0 N–H and O–H groups in total. The molecule has 0 aliphatic heterocycles. The van der Waals surface area contributed by atoms with Gasteiger partial charge in [-0.1, -0.05) is 0 Å². The molecule has 2 heterocycles. The Morgan fingerprint density at radius 3 is 2.47 bits per heavy atom. The lowest BCUT2D eigenvalue weighted by atomic mass is 10.2. The van der Waals surface area contributed by atoms with Crippen molar-refractivity contribution >= 4 is 10.8 Å². The van der Waals surface area contributed by atoms with Crippen molar-refractivity contribution in [1.29, 1.82) is 0 Å². The highest BCUT2D eigenvalue weighted by Crippen LogP contribution is 2.16. The first-order valence-corrected chi connectivity index (χ1v) is 5.89. The molecule has 2 aromatic heterocycles. The van der Waals surface area contributed by atoms with Crippen LogP contribution in [-0.4, -0.2) is 30.2 Å². The van der Waals surface area contributed by atoms with E-state index in [1.165, 1.54) is 0 Å². The van der Waals surface area contributed by atoms with Crippen LogP contribution < -0.4 is 0 Å². The van der Waals surface area contributed by atoms with Gasteiger partial charge in [-0.15, -0.1) is 10.2 Å². The van der Waals surface area contributed by atoms with Crippen molar-refractivity contribution in [3.05, 3.63) is 24.5 Å². The van der Waals surface area contributed by atoms with E-state index >= 15 is 0 Å². The molecule has 0 saturated carbocycles. The van der Waals surface area contributed by atoms with Gasteiger partial charge in [0, 0.05) is 31.3 Å². The molecule has 0 bridgehead atoms. The van der Waals surface area contributed by atoms with Gasteiger partial charge in [-0.2, -0.15) is 0 Å². The zero-order valence-electron chi connectivity index (χ0n) is 8.41. The Kier molecular flexibility index (Phi) is 2.59. The van der Waals surface area contributed by atoms with Crippen molar-refractivity contribution in [3.63, 3.8) is 0 Å². The standard InChI is InChI=1S/C9H10N4OS/c1-13-8(7-3-5-10-6-4-7)11-12-9(13)15(2)14/h3-6H,1-2H3. The Morgan fingerprint density at radius 2 is 1.93 bits per heavy atom. The fourth-order valence-corrected chi connectivity index (χ4v) is 1.95. The highest BCUT2D eigenvalue weighted by atomic mass is 32.2. The normalized spacial score (nSPS) is 12.7. The predicted molar refractivity (Wildman–Crippen MR) is 56.6 cm³/mol. The Bertz CT molecular complexity index is 494. The van der Waals surface area contributed by atoms with Crippen LogP contribution in [0.1, 0.15) is 0 Å². The fraction of sp³-hybridized carbons (Fsp3) is 0.222. The van der Waals surface area contributed by atoms with E-state index in [9.17, 15) is 4.21 Å². The van der Waals surface area contributed by atoms with Crippen molar-refractivity contribution < 1.29 is 4.21 Å². The van der Waals surface area contributed by atoms with E-state index in [2.05, 4.69) is 15.2 Å². The second kappa shape index (κ2) is 3.90. The van der Waals surface area contributed by atoms with Crippen molar-refractivity contribution in [2.75, 3.05) is 6.26 Å². The maximum absolute atomic E-state index is 11.3. The molecule has 0 amide bonds. The SMILES string of the molecule is Cn1c(-c2ccncc2)nnc1S(C)=O. The molecule has 0 spiro atoms. The van der Waals surface area contributed by atoms with Crippen molar-refractivity contribution in [2.45, 2.75) is 5.16 Å². The molecule has 15 heavy (non-hydrogen) atoms. The van der Waals surface area contributed by atoms with Gasteiger partial charge in [0.05, 0.1) is 10.8 Å². The summed E-state index contributed by atoms with van der Waals surface area (Å²) < 4.78 is 13.0. The highest BCUT2D eigenvalue weighted by molar-refractivity contribution is 7.84. The quantitative estimate of drug-likeness (QED) is 0.747. The van der Waals surface area contributed by atoms with Crippen LogP contribution >= 0.6 is 0 Å². The Morgan fingerprint density at radius 1 is 1.27 bits per heavy atom. The first-order valence-electron chi connectivity index (χ1n) is 4.33.